The average Bonchev–Trinajstić information content (AvgIpc) is 2.88. The van der Waals surface area contributed by atoms with Gasteiger partial charge in [-0.1, -0.05) is 24.3 Å². The van der Waals surface area contributed by atoms with E-state index < -0.39 is 11.7 Å². The lowest BCUT2D eigenvalue weighted by atomic mass is 10.1. The summed E-state index contributed by atoms with van der Waals surface area (Å²) in [6, 6.07) is 20.8. The molecule has 0 atom stereocenters. The molecule has 36 heavy (non-hydrogen) atoms. The maximum absolute atomic E-state index is 13.1. The van der Waals surface area contributed by atoms with Crippen LogP contribution in [0.1, 0.15) is 21.5 Å². The molecule has 0 aliphatic carbocycles. The molecule has 5 nitrogen and oxygen atoms in total. The zero-order chi connectivity index (χ0) is 25.3. The number of carbonyl (C=O) groups is 1. The third kappa shape index (κ3) is 4.98. The van der Waals surface area contributed by atoms with Gasteiger partial charge < -0.3 is 15.1 Å². The van der Waals surface area contributed by atoms with Crippen molar-refractivity contribution in [2.24, 2.45) is 0 Å². The number of hydrogen-bond donors (Lipinski definition) is 1. The Morgan fingerprint density at radius 3 is 2.19 bits per heavy atom. The van der Waals surface area contributed by atoms with Crippen molar-refractivity contribution in [1.82, 2.24) is 4.98 Å². The first-order valence-corrected chi connectivity index (χ1v) is 11.7. The fraction of sp³-hybridized carbons (Fsp3) is 0.214. The minimum atomic E-state index is -4.46. The lowest BCUT2D eigenvalue weighted by molar-refractivity contribution is -0.137. The highest BCUT2D eigenvalue weighted by molar-refractivity contribution is 6.09. The molecule has 1 amide bonds. The Morgan fingerprint density at radius 1 is 0.861 bits per heavy atom. The van der Waals surface area contributed by atoms with Crippen LogP contribution >= 0.6 is 0 Å². The van der Waals surface area contributed by atoms with E-state index in [2.05, 4.69) is 51.3 Å². The molecule has 1 saturated heterocycles. The van der Waals surface area contributed by atoms with Gasteiger partial charge in [0.05, 0.1) is 16.8 Å². The summed E-state index contributed by atoms with van der Waals surface area (Å²) in [5.41, 5.74) is 3.69. The second-order valence-electron chi connectivity index (χ2n) is 8.91. The van der Waals surface area contributed by atoms with Crippen molar-refractivity contribution < 1.29 is 18.0 Å². The first-order chi connectivity index (χ1) is 17.3. The van der Waals surface area contributed by atoms with Gasteiger partial charge in [0.2, 0.25) is 0 Å². The average molecular weight is 491 g/mol. The number of amides is 1. The van der Waals surface area contributed by atoms with E-state index in [1.54, 1.807) is 12.1 Å². The van der Waals surface area contributed by atoms with Crippen LogP contribution in [0.15, 0.2) is 79.0 Å². The van der Waals surface area contributed by atoms with Crippen LogP contribution in [0.4, 0.5) is 30.2 Å². The van der Waals surface area contributed by atoms with E-state index in [1.165, 1.54) is 23.5 Å². The Bertz CT molecular complexity index is 1410. The monoisotopic (exact) mass is 490 g/mol. The Kier molecular flexibility index (Phi) is 6.26. The van der Waals surface area contributed by atoms with Crippen molar-refractivity contribution in [3.05, 3.63) is 95.7 Å². The third-order valence-electron chi connectivity index (χ3n) is 6.44. The van der Waals surface area contributed by atoms with Gasteiger partial charge in [-0.2, -0.15) is 13.2 Å². The van der Waals surface area contributed by atoms with Gasteiger partial charge in [-0.05, 0) is 61.0 Å². The number of fused-ring (bicyclic) bond motifs is 1. The van der Waals surface area contributed by atoms with Crippen LogP contribution in [0.5, 0.6) is 0 Å². The molecule has 1 aliphatic rings. The smallest absolute Gasteiger partial charge is 0.368 e. The first-order valence-electron chi connectivity index (χ1n) is 11.7. The minimum Gasteiger partial charge on any atom is -0.368 e. The van der Waals surface area contributed by atoms with E-state index in [1.807, 2.05) is 18.2 Å². The number of aryl methyl sites for hydroxylation is 1. The number of aromatic nitrogens is 1. The molecule has 0 radical (unpaired) electrons. The highest BCUT2D eigenvalue weighted by atomic mass is 19.4. The van der Waals surface area contributed by atoms with Crippen LogP contribution in [-0.4, -0.2) is 37.1 Å². The molecule has 1 fully saturated rings. The fourth-order valence-corrected chi connectivity index (χ4v) is 4.52. The van der Waals surface area contributed by atoms with E-state index in [0.29, 0.717) is 16.6 Å². The van der Waals surface area contributed by atoms with E-state index in [0.717, 1.165) is 44.0 Å². The molecule has 1 N–H and O–H groups in total. The van der Waals surface area contributed by atoms with Gasteiger partial charge in [0.1, 0.15) is 0 Å². The van der Waals surface area contributed by atoms with Crippen LogP contribution in [0.25, 0.3) is 10.9 Å². The molecule has 2 heterocycles. The Hall–Kier alpha value is -4.07. The first kappa shape index (κ1) is 23.7. The van der Waals surface area contributed by atoms with Crippen molar-refractivity contribution in [2.45, 2.75) is 13.1 Å². The van der Waals surface area contributed by atoms with Crippen LogP contribution in [-0.2, 0) is 6.18 Å². The predicted molar refractivity (Wildman–Crippen MR) is 137 cm³/mol. The van der Waals surface area contributed by atoms with Gasteiger partial charge in [-0.3, -0.25) is 9.78 Å². The van der Waals surface area contributed by atoms with Crippen molar-refractivity contribution >= 4 is 33.9 Å². The van der Waals surface area contributed by atoms with E-state index in [-0.39, 0.29) is 11.4 Å². The number of carbonyl (C=O) groups excluding carboxylic acids is 1. The van der Waals surface area contributed by atoms with Crippen molar-refractivity contribution in [2.75, 3.05) is 41.3 Å². The topological polar surface area (TPSA) is 48.5 Å². The zero-order valence-corrected chi connectivity index (χ0v) is 19.7. The molecule has 0 unspecified atom stereocenters. The van der Waals surface area contributed by atoms with Gasteiger partial charge >= 0.3 is 6.18 Å². The third-order valence-corrected chi connectivity index (χ3v) is 6.44. The molecule has 0 spiro atoms. The SMILES string of the molecule is Cc1cccc(N2CCN(c3cccc(C(=O)Nc4ccnc5cc(C(F)(F)F)ccc45)c3)CC2)c1. The highest BCUT2D eigenvalue weighted by Crippen LogP contribution is 2.33. The standard InChI is InChI=1S/C28H25F3N4O/c1-19-4-2-6-22(16-19)34-12-14-35(15-13-34)23-7-3-5-20(17-23)27(36)33-25-10-11-32-26-18-21(28(29,30)31)8-9-24(25)26/h2-11,16-18H,12-15H2,1H3,(H,32,33,36). The Morgan fingerprint density at radius 2 is 1.53 bits per heavy atom. The summed E-state index contributed by atoms with van der Waals surface area (Å²) in [6.45, 7) is 5.50. The van der Waals surface area contributed by atoms with Gasteiger partial charge in [-0.25, -0.2) is 0 Å². The van der Waals surface area contributed by atoms with Gasteiger partial charge in [-0.15, -0.1) is 0 Å². The summed E-state index contributed by atoms with van der Waals surface area (Å²) in [5, 5.41) is 3.28. The normalized spacial score (nSPS) is 14.2. The highest BCUT2D eigenvalue weighted by Gasteiger charge is 2.30. The number of pyridine rings is 1. The van der Waals surface area contributed by atoms with Crippen LogP contribution in [0.3, 0.4) is 0 Å². The molecule has 3 aromatic carbocycles. The molecule has 1 aliphatic heterocycles. The van der Waals surface area contributed by atoms with Gasteiger partial charge in [0, 0.05) is 54.7 Å². The second-order valence-corrected chi connectivity index (χ2v) is 8.91. The number of nitrogens with one attached hydrogen (secondary N) is 1. The summed E-state index contributed by atoms with van der Waals surface area (Å²) in [7, 11) is 0. The summed E-state index contributed by atoms with van der Waals surface area (Å²) in [5.74, 6) is -0.331. The van der Waals surface area contributed by atoms with E-state index in [4.69, 9.17) is 0 Å². The Labute approximate surface area is 207 Å². The number of alkyl halides is 3. The number of rotatable bonds is 4. The number of anilines is 3. The largest absolute Gasteiger partial charge is 0.416 e. The maximum atomic E-state index is 13.1. The minimum absolute atomic E-state index is 0.169. The predicted octanol–water partition coefficient (Wildman–Crippen LogP) is 6.14. The van der Waals surface area contributed by atoms with Crippen molar-refractivity contribution in [1.29, 1.82) is 0 Å². The molecule has 4 aromatic rings. The van der Waals surface area contributed by atoms with Gasteiger partial charge in [0.25, 0.3) is 5.91 Å². The van der Waals surface area contributed by atoms with E-state index >= 15 is 0 Å². The van der Waals surface area contributed by atoms with Crippen molar-refractivity contribution in [3.63, 3.8) is 0 Å². The molecule has 0 saturated carbocycles. The molecule has 5 rings (SSSR count). The summed E-state index contributed by atoms with van der Waals surface area (Å²) in [6.07, 6.45) is -3.07. The molecule has 0 bridgehead atoms. The van der Waals surface area contributed by atoms with Crippen LogP contribution in [0, 0.1) is 6.92 Å². The van der Waals surface area contributed by atoms with E-state index in [9.17, 15) is 18.0 Å². The lowest BCUT2D eigenvalue weighted by Crippen LogP contribution is -2.46. The summed E-state index contributed by atoms with van der Waals surface area (Å²) in [4.78, 5) is 21.7. The molecule has 8 heteroatoms. The summed E-state index contributed by atoms with van der Waals surface area (Å²) >= 11 is 0. The van der Waals surface area contributed by atoms with Gasteiger partial charge in [0.15, 0.2) is 0 Å². The van der Waals surface area contributed by atoms with Crippen molar-refractivity contribution in [3.8, 4) is 0 Å². The van der Waals surface area contributed by atoms with Crippen LogP contribution < -0.4 is 15.1 Å². The number of halogens is 3. The number of nitrogens with zero attached hydrogens (tertiary/aromatic N) is 3. The number of hydrogen-bond acceptors (Lipinski definition) is 4. The molecule has 1 aromatic heterocycles. The Balaban J connectivity index is 1.30. The quantitative estimate of drug-likeness (QED) is 0.373. The number of piperazine rings is 1. The summed E-state index contributed by atoms with van der Waals surface area (Å²) < 4.78 is 39.2. The molecular weight excluding hydrogens is 465 g/mol. The lowest BCUT2D eigenvalue weighted by Gasteiger charge is -2.37. The zero-order valence-electron chi connectivity index (χ0n) is 19.7. The fourth-order valence-electron chi connectivity index (χ4n) is 4.52. The molecular formula is C28H25F3N4O. The maximum Gasteiger partial charge on any atom is 0.416 e. The van der Waals surface area contributed by atoms with Crippen LogP contribution in [0.2, 0.25) is 0 Å². The molecule has 184 valence electrons. The number of benzene rings is 3. The second kappa shape index (κ2) is 9.53.